The number of carbonyl (C=O) groups is 2. The number of H-pyrrole nitrogens is 3. The lowest BCUT2D eigenvalue weighted by Gasteiger charge is -2.12. The lowest BCUT2D eigenvalue weighted by Crippen LogP contribution is -2.16. The molecule has 7 aliphatic rings. The molecule has 7 aliphatic heterocycles. The van der Waals surface area contributed by atoms with E-state index in [9.17, 15) is 9.59 Å². The van der Waals surface area contributed by atoms with Gasteiger partial charge in [-0.3, -0.25) is 9.59 Å². The topological polar surface area (TPSA) is 205 Å². The van der Waals surface area contributed by atoms with Crippen molar-refractivity contribution in [2.75, 3.05) is 39.6 Å². The molecule has 16 bridgehead atoms. The summed E-state index contributed by atoms with van der Waals surface area (Å²) >= 11 is 0. The van der Waals surface area contributed by atoms with Crippen molar-refractivity contribution in [2.24, 2.45) is 15.0 Å². The Hall–Kier alpha value is -10.2. The van der Waals surface area contributed by atoms with Crippen molar-refractivity contribution in [3.8, 4) is 11.8 Å². The number of hydrogen-bond acceptors (Lipinski definition) is 13. The van der Waals surface area contributed by atoms with Crippen molar-refractivity contribution in [2.45, 2.75) is 38.5 Å². The quantitative estimate of drug-likeness (QED) is 0.0212. The zero-order valence-corrected chi connectivity index (χ0v) is 45.8. The Morgan fingerprint density at radius 1 is 0.506 bits per heavy atom. The lowest BCUT2D eigenvalue weighted by molar-refractivity contribution is -0.143. The van der Waals surface area contributed by atoms with E-state index in [1.807, 2.05) is 85.3 Å². The van der Waals surface area contributed by atoms with Crippen molar-refractivity contribution in [3.63, 3.8) is 0 Å². The van der Waals surface area contributed by atoms with Crippen LogP contribution in [0.1, 0.15) is 76.5 Å². The van der Waals surface area contributed by atoms with Crippen LogP contribution in [-0.4, -0.2) is 93.6 Å². The first-order valence-corrected chi connectivity index (χ1v) is 27.4. The molecule has 0 radical (unpaired) electrons. The molecular formula is C67H60N10O6. The van der Waals surface area contributed by atoms with Crippen molar-refractivity contribution in [1.82, 2.24) is 35.6 Å². The predicted octanol–water partition coefficient (Wildman–Crippen LogP) is 11.1. The monoisotopic (exact) mass is 1100 g/mol. The third-order valence-corrected chi connectivity index (χ3v) is 14.1. The Bertz CT molecular complexity index is 3940. The van der Waals surface area contributed by atoms with E-state index in [1.165, 1.54) is 0 Å². The first-order valence-electron chi connectivity index (χ1n) is 27.4. The number of nitrogens with one attached hydrogen (secondary N) is 5. The third kappa shape index (κ3) is 12.4. The molecule has 4 aromatic rings. The van der Waals surface area contributed by atoms with Crippen LogP contribution in [0.4, 0.5) is 0 Å². The second-order valence-corrected chi connectivity index (χ2v) is 19.6. The largest absolute Gasteiger partial charge is 0.461 e. The number of aromatic nitrogens is 5. The van der Waals surface area contributed by atoms with Crippen LogP contribution >= 0.6 is 0 Å². The van der Waals surface area contributed by atoms with Crippen LogP contribution in [0.25, 0.3) is 57.5 Å². The Labute approximate surface area is 480 Å². The van der Waals surface area contributed by atoms with Gasteiger partial charge in [-0.2, -0.15) is 0 Å². The van der Waals surface area contributed by atoms with Gasteiger partial charge in [0.15, 0.2) is 0 Å². The van der Waals surface area contributed by atoms with Gasteiger partial charge in [0.2, 0.25) is 0 Å². The van der Waals surface area contributed by atoms with Crippen LogP contribution in [0, 0.1) is 11.8 Å². The number of carbonyl (C=O) groups excluding carboxylic acids is 2. The number of hydrogen-bond donors (Lipinski definition) is 5. The summed E-state index contributed by atoms with van der Waals surface area (Å²) < 4.78 is 22.8. The number of aromatic amines is 3. The molecule has 0 aromatic carbocycles. The highest BCUT2D eigenvalue weighted by Crippen LogP contribution is 2.35. The molecule has 16 heteroatoms. The summed E-state index contributed by atoms with van der Waals surface area (Å²) in [6.07, 6.45) is 31.6. The summed E-state index contributed by atoms with van der Waals surface area (Å²) in [7, 11) is 0. The van der Waals surface area contributed by atoms with Gasteiger partial charge in [0.05, 0.1) is 106 Å². The zero-order chi connectivity index (χ0) is 57.1. The van der Waals surface area contributed by atoms with Crippen LogP contribution in [0.15, 0.2) is 191 Å². The number of rotatable bonds is 20. The molecule has 0 saturated heterocycles. The fraction of sp³-hybridized carbons (Fsp3) is 0.179. The summed E-state index contributed by atoms with van der Waals surface area (Å²) in [4.78, 5) is 63.7. The second-order valence-electron chi connectivity index (χ2n) is 19.6. The van der Waals surface area contributed by atoms with Crippen molar-refractivity contribution in [3.05, 3.63) is 227 Å². The van der Waals surface area contributed by atoms with Gasteiger partial charge in [0.1, 0.15) is 19.0 Å². The normalized spacial score (nSPS) is 15.3. The van der Waals surface area contributed by atoms with Gasteiger partial charge in [-0.25, -0.2) is 24.9 Å². The molecule has 0 saturated carbocycles. The number of fused-ring (bicyclic) bond motifs is 13. The van der Waals surface area contributed by atoms with Gasteiger partial charge in [-0.1, -0.05) is 49.3 Å². The lowest BCUT2D eigenvalue weighted by atomic mass is 10.0. The summed E-state index contributed by atoms with van der Waals surface area (Å²) in [5.41, 5.74) is 16.7. The zero-order valence-electron chi connectivity index (χ0n) is 45.8. The number of nitrogens with zero attached hydrogens (tertiary/aromatic N) is 5. The molecule has 0 spiro atoms. The van der Waals surface area contributed by atoms with E-state index < -0.39 is 0 Å². The minimum Gasteiger partial charge on any atom is -0.461 e. The molecule has 11 heterocycles. The number of allylic oxidation sites excluding steroid dienone is 10. The summed E-state index contributed by atoms with van der Waals surface area (Å²) in [6, 6.07) is 14.3. The molecule has 16 nitrogen and oxygen atoms in total. The van der Waals surface area contributed by atoms with Crippen molar-refractivity contribution < 1.29 is 28.5 Å². The van der Waals surface area contributed by atoms with Crippen molar-refractivity contribution >= 4 is 86.6 Å². The molecule has 0 amide bonds. The fourth-order valence-corrected chi connectivity index (χ4v) is 10.2. The minimum absolute atomic E-state index is 0.0659. The van der Waals surface area contributed by atoms with Gasteiger partial charge in [-0.15, -0.1) is 13.2 Å². The summed E-state index contributed by atoms with van der Waals surface area (Å²) in [5, 5.41) is 6.64. The first-order chi connectivity index (χ1) is 40.8. The molecule has 11 rings (SSSR count). The SMILES string of the molecule is C=CCOCCc1c2nc(c(C#CC3=C4C=CC(=N4)C(CCC(=O)OCC=C)=C4C=CC(=N4)C(=C4NC=CN4)c4ccc([nH]4)C(CCC(=O)OCC=C)=C4C=CC3=N4)c3nc(c(CCOCC=C)c4ccc(cc5ccc1[nH]5)[nH]4)C=C3)C=C2. The number of aliphatic imine (C=N–C) groups is 3. The van der Waals surface area contributed by atoms with E-state index in [0.717, 1.165) is 72.7 Å². The maximum absolute atomic E-state index is 13.2. The Morgan fingerprint density at radius 2 is 1.02 bits per heavy atom. The third-order valence-electron chi connectivity index (χ3n) is 14.1. The van der Waals surface area contributed by atoms with E-state index in [4.69, 9.17) is 43.9 Å². The molecule has 0 atom stereocenters. The van der Waals surface area contributed by atoms with Crippen LogP contribution in [0.5, 0.6) is 0 Å². The van der Waals surface area contributed by atoms with E-state index in [-0.39, 0.29) is 44.4 Å². The predicted molar refractivity (Wildman–Crippen MR) is 330 cm³/mol. The second kappa shape index (κ2) is 25.5. The van der Waals surface area contributed by atoms with E-state index in [2.05, 4.69) is 94.1 Å². The van der Waals surface area contributed by atoms with Gasteiger partial charge >= 0.3 is 11.9 Å². The maximum atomic E-state index is 13.2. The minimum atomic E-state index is -0.381. The van der Waals surface area contributed by atoms with Gasteiger partial charge in [-0.05, 0) is 129 Å². The van der Waals surface area contributed by atoms with Crippen LogP contribution in [0.3, 0.4) is 0 Å². The van der Waals surface area contributed by atoms with E-state index in [1.54, 1.807) is 24.3 Å². The van der Waals surface area contributed by atoms with E-state index >= 15 is 0 Å². The number of ether oxygens (including phenoxy) is 4. The van der Waals surface area contributed by atoms with Crippen LogP contribution < -0.4 is 10.6 Å². The average Bonchev–Trinajstić information content (AvgIpc) is 4.50. The number of esters is 2. The highest BCUT2D eigenvalue weighted by molar-refractivity contribution is 6.31. The first kappa shape index (κ1) is 54.7. The molecule has 0 fully saturated rings. The Morgan fingerprint density at radius 3 is 1.64 bits per heavy atom. The molecule has 414 valence electrons. The smallest absolute Gasteiger partial charge is 0.306 e. The molecule has 4 aromatic heterocycles. The molecular weight excluding hydrogens is 1040 g/mol. The van der Waals surface area contributed by atoms with Gasteiger partial charge in [0, 0.05) is 75.3 Å². The van der Waals surface area contributed by atoms with Gasteiger partial charge < -0.3 is 44.5 Å². The highest BCUT2D eigenvalue weighted by atomic mass is 16.5. The van der Waals surface area contributed by atoms with Crippen LogP contribution in [0.2, 0.25) is 0 Å². The summed E-state index contributed by atoms with van der Waals surface area (Å²) in [5.74, 6) is 7.11. The standard InChI is InChI=1S/C67H60N10O6/c1-5-35-80-39-31-48-50-15-9-42(70-50)41-43-10-16-51(71-43)49(32-40-81-36-6-2)61-24-22-55(75-61)45(54-21-23-60(48)74-54)12-11-44-52-17-19-56(72-52)46(13-29-64(78)82-37-7-3)58-25-27-62(76-58)66(67-68-33-34-69-67)63-28-26-59(77-63)47(57-20-18-53(44)73-57)14-30-65(79)83-38-8-4/h5-10,15-28,33-34,41,68-71,76H,1-4,13-14,29-32,35-40H2. The molecule has 0 unspecified atom stereocenters. The van der Waals surface area contributed by atoms with Gasteiger partial charge in [0.25, 0.3) is 0 Å². The summed E-state index contributed by atoms with van der Waals surface area (Å²) in [6.45, 7) is 17.0. The molecule has 5 N–H and O–H groups in total. The van der Waals surface area contributed by atoms with Crippen molar-refractivity contribution in [1.29, 1.82) is 0 Å². The molecule has 83 heavy (non-hydrogen) atoms. The highest BCUT2D eigenvalue weighted by Gasteiger charge is 2.27. The van der Waals surface area contributed by atoms with E-state index in [0.29, 0.717) is 108 Å². The fourth-order valence-electron chi connectivity index (χ4n) is 10.2. The maximum Gasteiger partial charge on any atom is 0.306 e. The van der Waals surface area contributed by atoms with Crippen LogP contribution in [-0.2, 0) is 41.4 Å². The Balaban J connectivity index is 1.14. The molecule has 0 aliphatic carbocycles. The Kier molecular flexibility index (Phi) is 16.8. The average molecular weight is 1100 g/mol.